The van der Waals surface area contributed by atoms with Gasteiger partial charge >= 0.3 is 5.91 Å². The predicted molar refractivity (Wildman–Crippen MR) is 179 cm³/mol. The third kappa shape index (κ3) is 6.66. The summed E-state index contributed by atoms with van der Waals surface area (Å²) < 4.78 is 20.5. The van der Waals surface area contributed by atoms with E-state index in [4.69, 9.17) is 27.9 Å². The van der Waals surface area contributed by atoms with Crippen LogP contribution in [0.25, 0.3) is 5.76 Å². The molecule has 1 N–H and O–H groups in total. The highest BCUT2D eigenvalue weighted by atomic mass is 35.5. The maximum absolute atomic E-state index is 14.1. The number of ketones is 1. The van der Waals surface area contributed by atoms with Gasteiger partial charge in [-0.2, -0.15) is 0 Å². The molecule has 1 saturated heterocycles. The molecule has 0 bridgehead atoms. The number of anilines is 1. The number of carbonyl (C=O) groups is 2. The molecule has 7 nitrogen and oxygen atoms in total. The number of aryl methyl sites for hydroxylation is 1. The molecule has 1 fully saturated rings. The van der Waals surface area contributed by atoms with Gasteiger partial charge in [-0.25, -0.2) is 4.39 Å². The van der Waals surface area contributed by atoms with Crippen molar-refractivity contribution in [2.45, 2.75) is 29.7 Å². The van der Waals surface area contributed by atoms with Crippen LogP contribution < -0.4 is 9.64 Å². The minimum atomic E-state index is -1.08. The molecule has 1 amide bonds. The van der Waals surface area contributed by atoms with E-state index in [0.29, 0.717) is 39.1 Å². The van der Waals surface area contributed by atoms with Crippen LogP contribution in [0.3, 0.4) is 0 Å². The van der Waals surface area contributed by atoms with E-state index in [-0.39, 0.29) is 32.3 Å². The number of hydrogen-bond acceptors (Lipinski definition) is 8. The molecular formula is C34H24Cl2FN3O4S2. The molecule has 6 rings (SSSR count). The third-order valence-electron chi connectivity index (χ3n) is 7.23. The summed E-state index contributed by atoms with van der Waals surface area (Å²) in [6.07, 6.45) is 0. The van der Waals surface area contributed by atoms with Crippen molar-refractivity contribution in [3.05, 3.63) is 140 Å². The standard InChI is InChI=1S/C34H24Cl2FN3O4S2/c1-19-5-4-6-20(15-19)17-44-24-12-9-21(10-13-24)30(41)28-29(22-11-14-25(35)26(36)16-22)40(32(43)31(28)42)33-38-39-34(46-33)45-18-23-7-2-3-8-27(23)37/h2-16,29,41H,17-18H2,1H3/b30-28+. The molecule has 232 valence electrons. The lowest BCUT2D eigenvalue weighted by atomic mass is 9.95. The number of nitrogens with zero attached hydrogens (tertiary/aromatic N) is 3. The molecule has 0 saturated carbocycles. The Morgan fingerprint density at radius 1 is 0.978 bits per heavy atom. The quantitative estimate of drug-likeness (QED) is 0.0543. The van der Waals surface area contributed by atoms with Crippen molar-refractivity contribution in [1.82, 2.24) is 10.2 Å². The number of ether oxygens (including phenoxy) is 1. The molecule has 1 atom stereocenters. The van der Waals surface area contributed by atoms with Gasteiger partial charge in [-0.05, 0) is 66.1 Å². The molecule has 12 heteroatoms. The van der Waals surface area contributed by atoms with Gasteiger partial charge in [0.15, 0.2) is 4.34 Å². The number of amides is 1. The van der Waals surface area contributed by atoms with Crippen LogP contribution in [0.2, 0.25) is 10.0 Å². The summed E-state index contributed by atoms with van der Waals surface area (Å²) in [4.78, 5) is 28.3. The Hall–Kier alpha value is -4.22. The van der Waals surface area contributed by atoms with Crippen LogP contribution in [0, 0.1) is 12.7 Å². The monoisotopic (exact) mass is 691 g/mol. The lowest BCUT2D eigenvalue weighted by molar-refractivity contribution is -0.132. The summed E-state index contributed by atoms with van der Waals surface area (Å²) in [5.74, 6) is -1.65. The van der Waals surface area contributed by atoms with E-state index in [2.05, 4.69) is 10.2 Å². The van der Waals surface area contributed by atoms with Crippen LogP contribution in [0.4, 0.5) is 9.52 Å². The number of hydrogen-bond donors (Lipinski definition) is 1. The van der Waals surface area contributed by atoms with E-state index in [0.717, 1.165) is 22.5 Å². The number of Topliss-reactive ketones (excluding diaryl/α,β-unsaturated/α-hetero) is 1. The smallest absolute Gasteiger partial charge is 0.301 e. The maximum atomic E-state index is 14.1. The van der Waals surface area contributed by atoms with Crippen LogP contribution in [0.15, 0.2) is 101 Å². The second-order valence-corrected chi connectivity index (χ2v) is 13.4. The lowest BCUT2D eigenvalue weighted by Crippen LogP contribution is -2.29. The Bertz CT molecular complexity index is 1980. The molecule has 5 aromatic rings. The summed E-state index contributed by atoms with van der Waals surface area (Å²) in [5, 5.41) is 20.5. The van der Waals surface area contributed by atoms with Gasteiger partial charge in [0.1, 0.15) is 23.9 Å². The first kappa shape index (κ1) is 31.7. The fourth-order valence-corrected chi connectivity index (χ4v) is 7.13. The largest absolute Gasteiger partial charge is 0.507 e. The average Bonchev–Trinajstić information content (AvgIpc) is 3.62. The van der Waals surface area contributed by atoms with Crippen molar-refractivity contribution in [1.29, 1.82) is 0 Å². The van der Waals surface area contributed by atoms with Crippen molar-refractivity contribution in [3.8, 4) is 5.75 Å². The Labute approximate surface area is 282 Å². The second-order valence-electron chi connectivity index (χ2n) is 10.4. The van der Waals surface area contributed by atoms with Gasteiger partial charge < -0.3 is 9.84 Å². The number of rotatable bonds is 9. The first-order valence-corrected chi connectivity index (χ1v) is 16.5. The van der Waals surface area contributed by atoms with Crippen LogP contribution in [0.5, 0.6) is 5.75 Å². The van der Waals surface area contributed by atoms with E-state index >= 15 is 0 Å². The molecule has 1 aliphatic rings. The van der Waals surface area contributed by atoms with E-state index in [9.17, 15) is 19.1 Å². The zero-order valence-corrected chi connectivity index (χ0v) is 27.3. The molecule has 1 aliphatic heterocycles. The highest BCUT2D eigenvalue weighted by Gasteiger charge is 2.48. The fourth-order valence-electron chi connectivity index (χ4n) is 4.97. The summed E-state index contributed by atoms with van der Waals surface area (Å²) >= 11 is 14.8. The van der Waals surface area contributed by atoms with Crippen LogP contribution in [0.1, 0.15) is 33.9 Å². The summed E-state index contributed by atoms with van der Waals surface area (Å²) in [6.45, 7) is 2.37. The van der Waals surface area contributed by atoms with Gasteiger partial charge in [-0.15, -0.1) is 10.2 Å². The number of benzene rings is 4. The van der Waals surface area contributed by atoms with Crippen molar-refractivity contribution >= 4 is 68.9 Å². The second kappa shape index (κ2) is 13.6. The Morgan fingerprint density at radius 3 is 2.50 bits per heavy atom. The van der Waals surface area contributed by atoms with Crippen LogP contribution >= 0.6 is 46.3 Å². The fraction of sp³-hybridized carbons (Fsp3) is 0.118. The SMILES string of the molecule is Cc1cccc(COc2ccc(/C(O)=C3\C(=O)C(=O)N(c4nnc(SCc5ccccc5F)s4)C3c3ccc(Cl)c(Cl)c3)cc2)c1. The molecule has 2 heterocycles. The molecule has 46 heavy (non-hydrogen) atoms. The van der Waals surface area contributed by atoms with Gasteiger partial charge in [-0.3, -0.25) is 14.5 Å². The van der Waals surface area contributed by atoms with Crippen molar-refractivity contribution < 1.29 is 23.8 Å². The third-order valence-corrected chi connectivity index (χ3v) is 10.1. The summed E-state index contributed by atoms with van der Waals surface area (Å²) in [7, 11) is 0. The van der Waals surface area contributed by atoms with Gasteiger partial charge in [0.05, 0.1) is 21.7 Å². The Morgan fingerprint density at radius 2 is 1.76 bits per heavy atom. The van der Waals surface area contributed by atoms with Crippen LogP contribution in [-0.2, 0) is 21.9 Å². The van der Waals surface area contributed by atoms with E-state index in [1.165, 1.54) is 28.8 Å². The van der Waals surface area contributed by atoms with Crippen LogP contribution in [-0.4, -0.2) is 27.0 Å². The van der Waals surface area contributed by atoms with Crippen molar-refractivity contribution in [2.75, 3.05) is 4.90 Å². The van der Waals surface area contributed by atoms with Crippen molar-refractivity contribution in [2.24, 2.45) is 0 Å². The average molecular weight is 693 g/mol. The molecule has 1 unspecified atom stereocenters. The molecular weight excluding hydrogens is 668 g/mol. The van der Waals surface area contributed by atoms with Gasteiger partial charge in [0, 0.05) is 11.3 Å². The molecule has 0 spiro atoms. The number of thioether (sulfide) groups is 1. The topological polar surface area (TPSA) is 92.6 Å². The lowest BCUT2D eigenvalue weighted by Gasteiger charge is -2.23. The van der Waals surface area contributed by atoms with E-state index in [1.54, 1.807) is 54.6 Å². The van der Waals surface area contributed by atoms with Gasteiger partial charge in [0.25, 0.3) is 5.78 Å². The van der Waals surface area contributed by atoms with Crippen molar-refractivity contribution in [3.63, 3.8) is 0 Å². The molecule has 0 aliphatic carbocycles. The number of halogens is 3. The molecule has 1 aromatic heterocycles. The maximum Gasteiger partial charge on any atom is 0.301 e. The zero-order chi connectivity index (χ0) is 32.4. The molecule has 0 radical (unpaired) electrons. The van der Waals surface area contributed by atoms with Gasteiger partial charge in [0.2, 0.25) is 5.13 Å². The highest BCUT2D eigenvalue weighted by Crippen LogP contribution is 2.45. The zero-order valence-electron chi connectivity index (χ0n) is 24.1. The van der Waals surface area contributed by atoms with E-state index in [1.807, 2.05) is 31.2 Å². The number of aromatic nitrogens is 2. The predicted octanol–water partition coefficient (Wildman–Crippen LogP) is 8.79. The normalized spacial score (nSPS) is 15.8. The minimum Gasteiger partial charge on any atom is -0.507 e. The summed E-state index contributed by atoms with van der Waals surface area (Å²) in [6, 6.07) is 24.6. The first-order chi connectivity index (χ1) is 22.2. The first-order valence-electron chi connectivity index (χ1n) is 13.9. The number of aliphatic hydroxyl groups is 1. The highest BCUT2D eigenvalue weighted by molar-refractivity contribution is 8.00. The Balaban J connectivity index is 1.32. The number of aliphatic hydroxyl groups excluding tert-OH is 1. The molecule has 4 aromatic carbocycles. The Kier molecular flexibility index (Phi) is 9.42. The van der Waals surface area contributed by atoms with Gasteiger partial charge in [-0.1, -0.05) is 100 Å². The number of carbonyl (C=O) groups excluding carboxylic acids is 2. The van der Waals surface area contributed by atoms with E-state index < -0.39 is 17.7 Å². The summed E-state index contributed by atoms with van der Waals surface area (Å²) in [5.41, 5.74) is 3.23. The minimum absolute atomic E-state index is 0.133.